The first-order valence-corrected chi connectivity index (χ1v) is 12.7. The molecule has 3 aromatic rings. The topological polar surface area (TPSA) is 92.7 Å². The molecule has 0 amide bonds. The van der Waals surface area contributed by atoms with Gasteiger partial charge < -0.3 is 19.6 Å². The lowest BCUT2D eigenvalue weighted by Crippen LogP contribution is -2.65. The summed E-state index contributed by atoms with van der Waals surface area (Å²) in [6, 6.07) is 24.6. The Hall–Kier alpha value is -3.97. The number of ether oxygens (including phenoxy) is 1. The molecule has 0 aliphatic carbocycles. The van der Waals surface area contributed by atoms with Crippen molar-refractivity contribution < 1.29 is 28.7 Å². The highest BCUT2D eigenvalue weighted by Gasteiger charge is 2.49. The molecular weight excluding hydrogens is 468 g/mol. The van der Waals surface area contributed by atoms with Gasteiger partial charge in [0.05, 0.1) is 18.7 Å². The van der Waals surface area contributed by atoms with Crippen LogP contribution in [0.1, 0.15) is 45.2 Å². The first-order valence-electron chi connectivity index (χ1n) is 12.7. The molecule has 3 fully saturated rings. The van der Waals surface area contributed by atoms with E-state index in [2.05, 4.69) is 5.32 Å². The smallest absolute Gasteiger partial charge is 0.335 e. The fourth-order valence-corrected chi connectivity index (χ4v) is 5.61. The monoisotopic (exact) mass is 499 g/mol. The fraction of sp³-hybridized carbons (Fsp3) is 0.300. The maximum atomic E-state index is 13.5. The number of benzene rings is 3. The molecule has 190 valence electrons. The maximum Gasteiger partial charge on any atom is 0.335 e. The second kappa shape index (κ2) is 10.6. The van der Waals surface area contributed by atoms with Crippen LogP contribution in [0, 0.1) is 5.92 Å². The number of ketones is 1. The number of carboxylic acid groups (broad SMARTS) is 1. The summed E-state index contributed by atoms with van der Waals surface area (Å²) in [5.41, 5.74) is 2.34. The fourth-order valence-electron chi connectivity index (χ4n) is 5.61. The van der Waals surface area contributed by atoms with Gasteiger partial charge in [-0.3, -0.25) is 4.79 Å². The van der Waals surface area contributed by atoms with Crippen LogP contribution in [0.4, 0.5) is 5.69 Å². The molecule has 3 heterocycles. The van der Waals surface area contributed by atoms with Crippen LogP contribution in [0.25, 0.3) is 0 Å². The van der Waals surface area contributed by atoms with Gasteiger partial charge in [0.15, 0.2) is 12.1 Å². The Morgan fingerprint density at radius 3 is 2.08 bits per heavy atom. The molecule has 0 spiro atoms. The van der Waals surface area contributed by atoms with Crippen LogP contribution >= 0.6 is 0 Å². The predicted molar refractivity (Wildman–Crippen MR) is 139 cm³/mol. The molecule has 3 aliphatic rings. The summed E-state index contributed by atoms with van der Waals surface area (Å²) >= 11 is 0. The van der Waals surface area contributed by atoms with Gasteiger partial charge in [-0.25, -0.2) is 9.59 Å². The van der Waals surface area contributed by atoms with Crippen molar-refractivity contribution in [2.24, 2.45) is 5.92 Å². The van der Waals surface area contributed by atoms with Gasteiger partial charge in [0.2, 0.25) is 5.78 Å². The van der Waals surface area contributed by atoms with Gasteiger partial charge in [-0.05, 0) is 29.8 Å². The predicted octanol–water partition coefficient (Wildman–Crippen LogP) is 4.57. The Kier molecular flexibility index (Phi) is 7.06. The SMILES string of the molecule is O=C(O)c1ccc(C(=O)C[N+]23CCC(CC2)C(OC(=O)C(Nc2ccccc2)c2ccccc2)C3)cc1. The van der Waals surface area contributed by atoms with E-state index in [0.29, 0.717) is 29.1 Å². The maximum absolute atomic E-state index is 13.5. The van der Waals surface area contributed by atoms with Gasteiger partial charge >= 0.3 is 11.9 Å². The number of carbonyl (C=O) groups excluding carboxylic acids is 2. The lowest BCUT2D eigenvalue weighted by molar-refractivity contribution is -0.938. The number of hydrogen-bond donors (Lipinski definition) is 2. The van der Waals surface area contributed by atoms with Crippen LogP contribution in [-0.4, -0.2) is 59.6 Å². The molecule has 3 saturated heterocycles. The molecule has 7 nitrogen and oxygen atoms in total. The summed E-state index contributed by atoms with van der Waals surface area (Å²) < 4.78 is 6.77. The summed E-state index contributed by atoms with van der Waals surface area (Å²) in [4.78, 5) is 37.8. The van der Waals surface area contributed by atoms with E-state index in [9.17, 15) is 14.4 Å². The molecule has 0 radical (unpaired) electrons. The third-order valence-electron chi connectivity index (χ3n) is 7.70. The molecule has 3 aromatic carbocycles. The highest BCUT2D eigenvalue weighted by Crippen LogP contribution is 2.36. The van der Waals surface area contributed by atoms with Crippen LogP contribution in [0.5, 0.6) is 0 Å². The number of para-hydroxylation sites is 1. The zero-order chi connectivity index (χ0) is 25.8. The van der Waals surface area contributed by atoms with Crippen molar-refractivity contribution in [1.29, 1.82) is 0 Å². The number of esters is 1. The highest BCUT2D eigenvalue weighted by atomic mass is 16.5. The zero-order valence-corrected chi connectivity index (χ0v) is 20.6. The molecule has 37 heavy (non-hydrogen) atoms. The van der Waals surface area contributed by atoms with Gasteiger partial charge in [0.1, 0.15) is 13.1 Å². The van der Waals surface area contributed by atoms with Crippen molar-refractivity contribution in [2.75, 3.05) is 31.5 Å². The molecule has 6 rings (SSSR count). The van der Waals surface area contributed by atoms with E-state index >= 15 is 0 Å². The lowest BCUT2D eigenvalue weighted by atomic mass is 9.82. The van der Waals surface area contributed by atoms with E-state index in [1.165, 1.54) is 12.1 Å². The number of nitrogens with zero attached hydrogens (tertiary/aromatic N) is 1. The number of Topliss-reactive ketones (excluding diaryl/α,β-unsaturated/α-hetero) is 1. The van der Waals surface area contributed by atoms with Gasteiger partial charge in [-0.1, -0.05) is 60.7 Å². The normalized spacial score (nSPS) is 23.1. The average Bonchev–Trinajstić information content (AvgIpc) is 2.93. The molecule has 2 bridgehead atoms. The van der Waals surface area contributed by atoms with E-state index in [1.54, 1.807) is 12.1 Å². The second-order valence-corrected chi connectivity index (χ2v) is 10.1. The summed E-state index contributed by atoms with van der Waals surface area (Å²) in [6.07, 6.45) is 1.57. The molecule has 0 saturated carbocycles. The number of carbonyl (C=O) groups is 3. The van der Waals surface area contributed by atoms with Crippen molar-refractivity contribution >= 4 is 23.4 Å². The summed E-state index contributed by atoms with van der Waals surface area (Å²) in [5.74, 6) is -1.06. The molecule has 2 unspecified atom stereocenters. The third kappa shape index (κ3) is 5.57. The number of rotatable bonds is 9. The average molecular weight is 500 g/mol. The van der Waals surface area contributed by atoms with Crippen LogP contribution < -0.4 is 5.32 Å². The van der Waals surface area contributed by atoms with E-state index in [1.807, 2.05) is 60.7 Å². The quantitative estimate of drug-likeness (QED) is 0.255. The summed E-state index contributed by atoms with van der Waals surface area (Å²) in [6.45, 7) is 2.68. The molecule has 2 N–H and O–H groups in total. The Balaban J connectivity index is 1.29. The summed E-state index contributed by atoms with van der Waals surface area (Å²) in [5, 5.41) is 12.5. The van der Waals surface area contributed by atoms with Crippen LogP contribution in [0.3, 0.4) is 0 Å². The lowest BCUT2D eigenvalue weighted by Gasteiger charge is -2.51. The van der Waals surface area contributed by atoms with Crippen molar-refractivity contribution in [2.45, 2.75) is 25.0 Å². The molecule has 3 aliphatic heterocycles. The third-order valence-corrected chi connectivity index (χ3v) is 7.70. The Labute approximate surface area is 216 Å². The van der Waals surface area contributed by atoms with Crippen molar-refractivity contribution in [3.05, 3.63) is 102 Å². The van der Waals surface area contributed by atoms with Crippen molar-refractivity contribution in [3.8, 4) is 0 Å². The van der Waals surface area contributed by atoms with Gasteiger partial charge in [0.25, 0.3) is 0 Å². The first kappa shape index (κ1) is 24.7. The highest BCUT2D eigenvalue weighted by molar-refractivity contribution is 5.98. The Morgan fingerprint density at radius 2 is 1.46 bits per heavy atom. The van der Waals surface area contributed by atoms with E-state index < -0.39 is 12.0 Å². The number of fused-ring (bicyclic) bond motifs is 3. The number of nitrogens with one attached hydrogen (secondary N) is 1. The largest absolute Gasteiger partial charge is 0.478 e. The number of anilines is 1. The number of aromatic carboxylic acids is 1. The molecule has 2 atom stereocenters. The van der Waals surface area contributed by atoms with E-state index in [-0.39, 0.29) is 23.4 Å². The second-order valence-electron chi connectivity index (χ2n) is 10.1. The van der Waals surface area contributed by atoms with E-state index in [0.717, 1.165) is 37.2 Å². The van der Waals surface area contributed by atoms with E-state index in [4.69, 9.17) is 9.84 Å². The van der Waals surface area contributed by atoms with Gasteiger partial charge in [-0.15, -0.1) is 0 Å². The first-order chi connectivity index (χ1) is 17.9. The Morgan fingerprint density at radius 1 is 0.865 bits per heavy atom. The minimum absolute atomic E-state index is 0.0183. The number of quaternary nitrogens is 1. The van der Waals surface area contributed by atoms with Crippen LogP contribution in [0.2, 0.25) is 0 Å². The number of hydrogen-bond acceptors (Lipinski definition) is 5. The van der Waals surface area contributed by atoms with Gasteiger partial charge in [-0.2, -0.15) is 0 Å². The summed E-state index contributed by atoms with van der Waals surface area (Å²) in [7, 11) is 0. The van der Waals surface area contributed by atoms with Crippen LogP contribution in [0.15, 0.2) is 84.9 Å². The molecule has 0 aromatic heterocycles. The number of piperidine rings is 3. The van der Waals surface area contributed by atoms with Crippen LogP contribution in [-0.2, 0) is 9.53 Å². The minimum Gasteiger partial charge on any atom is -0.478 e. The van der Waals surface area contributed by atoms with Crippen molar-refractivity contribution in [1.82, 2.24) is 0 Å². The van der Waals surface area contributed by atoms with Gasteiger partial charge in [0, 0.05) is 30.0 Å². The molecular formula is C30H31N2O5+. The van der Waals surface area contributed by atoms with Crippen molar-refractivity contribution in [3.63, 3.8) is 0 Å². The standard InChI is InChI=1S/C30H30N2O5/c33-26(21-11-13-24(14-12-21)29(34)35)19-32-17-15-22(16-18-32)27(20-32)37-30(36)28(23-7-3-1-4-8-23)31-25-9-5-2-6-10-25/h1-14,22,27-28,31H,15-20H2/p+1. The minimum atomic E-state index is -1.01. The molecule has 7 heteroatoms. The number of carboxylic acids is 1. The zero-order valence-electron chi connectivity index (χ0n) is 20.6. The Bertz CT molecular complexity index is 1250.